The fraction of sp³-hybridized carbons (Fsp3) is 0.321. The van der Waals surface area contributed by atoms with Gasteiger partial charge in [0.05, 0.1) is 33.2 Å². The van der Waals surface area contributed by atoms with Crippen LogP contribution in [0.1, 0.15) is 47.8 Å². The van der Waals surface area contributed by atoms with E-state index < -0.39 is 29.7 Å². The average Bonchev–Trinajstić information content (AvgIpc) is 2.89. The van der Waals surface area contributed by atoms with Crippen molar-refractivity contribution in [3.8, 4) is 23.0 Å². The second-order valence-electron chi connectivity index (χ2n) is 8.34. The van der Waals surface area contributed by atoms with Gasteiger partial charge in [-0.15, -0.1) is 0 Å². The lowest BCUT2D eigenvalue weighted by Gasteiger charge is -2.28. The zero-order valence-electron chi connectivity index (χ0n) is 21.1. The summed E-state index contributed by atoms with van der Waals surface area (Å²) < 4.78 is 22.1. The fourth-order valence-corrected chi connectivity index (χ4v) is 4.15. The molecule has 0 saturated carbocycles. The lowest BCUT2D eigenvalue weighted by atomic mass is 9.85. The molecular weight excluding hydrogens is 462 g/mol. The molecule has 0 radical (unpaired) electrons. The summed E-state index contributed by atoms with van der Waals surface area (Å²) in [6.45, 7) is 3.40. The molecular formula is C28H31NO7. The van der Waals surface area contributed by atoms with Gasteiger partial charge in [-0.3, -0.25) is 9.59 Å². The van der Waals surface area contributed by atoms with Crippen molar-refractivity contribution < 1.29 is 33.6 Å². The third-order valence-electron chi connectivity index (χ3n) is 5.98. The van der Waals surface area contributed by atoms with Crippen molar-refractivity contribution in [3.05, 3.63) is 77.6 Å². The average molecular weight is 494 g/mol. The van der Waals surface area contributed by atoms with Crippen LogP contribution in [0.2, 0.25) is 0 Å². The van der Waals surface area contributed by atoms with Crippen LogP contribution >= 0.6 is 0 Å². The largest absolute Gasteiger partial charge is 0.503 e. The first kappa shape index (κ1) is 26.5. The van der Waals surface area contributed by atoms with Gasteiger partial charge in [0.25, 0.3) is 0 Å². The molecule has 0 aliphatic carbocycles. The molecule has 190 valence electrons. The number of aromatic nitrogens is 1. The van der Waals surface area contributed by atoms with Crippen LogP contribution in [-0.4, -0.2) is 49.3 Å². The molecule has 0 fully saturated rings. The second kappa shape index (κ2) is 12.1. The molecule has 8 nitrogen and oxygen atoms in total. The van der Waals surface area contributed by atoms with Gasteiger partial charge in [0.1, 0.15) is 17.6 Å². The molecule has 1 aromatic heterocycles. The fourth-order valence-electron chi connectivity index (χ4n) is 4.15. The quantitative estimate of drug-likeness (QED) is 0.300. The van der Waals surface area contributed by atoms with E-state index in [2.05, 4.69) is 4.98 Å². The first-order chi connectivity index (χ1) is 17.3. The minimum absolute atomic E-state index is 0.133. The van der Waals surface area contributed by atoms with E-state index in [1.54, 1.807) is 28.1 Å². The molecule has 2 aromatic carbocycles. The number of pyridine rings is 1. The molecule has 36 heavy (non-hydrogen) atoms. The Morgan fingerprint density at radius 3 is 1.89 bits per heavy atom. The van der Waals surface area contributed by atoms with E-state index in [1.807, 2.05) is 48.5 Å². The number of ketones is 1. The molecule has 0 unspecified atom stereocenters. The molecule has 0 saturated heterocycles. The summed E-state index contributed by atoms with van der Waals surface area (Å²) in [7, 11) is 4.56. The number of hydrogen-bond donors (Lipinski definition) is 1. The molecule has 0 amide bonds. The summed E-state index contributed by atoms with van der Waals surface area (Å²) >= 11 is 0. The van der Waals surface area contributed by atoms with Crippen molar-refractivity contribution in [1.29, 1.82) is 0 Å². The van der Waals surface area contributed by atoms with Crippen LogP contribution < -0.4 is 14.2 Å². The highest BCUT2D eigenvalue weighted by atomic mass is 16.5. The van der Waals surface area contributed by atoms with E-state index in [9.17, 15) is 14.7 Å². The molecule has 3 rings (SSSR count). The molecule has 1 heterocycles. The zero-order chi connectivity index (χ0) is 26.2. The first-order valence-electron chi connectivity index (χ1n) is 11.5. The number of para-hydroxylation sites is 2. The van der Waals surface area contributed by atoms with Crippen molar-refractivity contribution in [2.24, 2.45) is 5.92 Å². The minimum atomic E-state index is -0.775. The van der Waals surface area contributed by atoms with E-state index >= 15 is 0 Å². The summed E-state index contributed by atoms with van der Waals surface area (Å²) in [6, 6.07) is 16.5. The number of rotatable bonds is 11. The molecule has 1 N–H and O–H groups in total. The van der Waals surface area contributed by atoms with Gasteiger partial charge >= 0.3 is 5.97 Å². The maximum absolute atomic E-state index is 13.1. The van der Waals surface area contributed by atoms with E-state index in [0.29, 0.717) is 11.5 Å². The maximum atomic E-state index is 13.1. The highest BCUT2D eigenvalue weighted by molar-refractivity contribution is 5.99. The van der Waals surface area contributed by atoms with Crippen LogP contribution in [0.3, 0.4) is 0 Å². The van der Waals surface area contributed by atoms with Gasteiger partial charge in [-0.1, -0.05) is 43.3 Å². The van der Waals surface area contributed by atoms with Crippen LogP contribution in [0.25, 0.3) is 0 Å². The van der Waals surface area contributed by atoms with E-state index in [-0.39, 0.29) is 23.6 Å². The Morgan fingerprint density at radius 2 is 1.36 bits per heavy atom. The molecule has 3 aromatic rings. The van der Waals surface area contributed by atoms with Gasteiger partial charge in [-0.2, -0.15) is 0 Å². The second-order valence-corrected chi connectivity index (χ2v) is 8.34. The lowest BCUT2D eigenvalue weighted by Crippen LogP contribution is -2.28. The summed E-state index contributed by atoms with van der Waals surface area (Å²) in [4.78, 5) is 29.8. The summed E-state index contributed by atoms with van der Waals surface area (Å²) in [5.74, 6) is -1.13. The normalized spacial score (nSPS) is 12.5. The van der Waals surface area contributed by atoms with Gasteiger partial charge in [0.15, 0.2) is 23.0 Å². The Hall–Kier alpha value is -4.07. The third kappa shape index (κ3) is 5.76. The van der Waals surface area contributed by atoms with Crippen molar-refractivity contribution in [2.45, 2.75) is 32.3 Å². The number of carbonyl (C=O) groups excluding carboxylic acids is 2. The molecule has 2 atom stereocenters. The van der Waals surface area contributed by atoms with Crippen LogP contribution in [0.5, 0.6) is 23.0 Å². The van der Waals surface area contributed by atoms with Gasteiger partial charge < -0.3 is 24.1 Å². The lowest BCUT2D eigenvalue weighted by molar-refractivity contribution is -0.153. The van der Waals surface area contributed by atoms with E-state index in [0.717, 1.165) is 11.1 Å². The van der Waals surface area contributed by atoms with Crippen molar-refractivity contribution >= 4 is 11.8 Å². The van der Waals surface area contributed by atoms with Gasteiger partial charge in [-0.25, -0.2) is 4.98 Å². The van der Waals surface area contributed by atoms with Crippen LogP contribution in [0, 0.1) is 5.92 Å². The Labute approximate surface area is 210 Å². The number of benzene rings is 2. The van der Waals surface area contributed by atoms with Crippen LogP contribution in [-0.2, 0) is 9.53 Å². The Bertz CT molecular complexity index is 1160. The number of Topliss-reactive ketones (excluding diaryl/α,β-unsaturated/α-hetero) is 1. The van der Waals surface area contributed by atoms with Crippen molar-refractivity contribution in [3.63, 3.8) is 0 Å². The minimum Gasteiger partial charge on any atom is -0.503 e. The molecule has 0 aliphatic heterocycles. The van der Waals surface area contributed by atoms with E-state index in [1.165, 1.54) is 19.4 Å². The number of methoxy groups -OCH3 is 3. The highest BCUT2D eigenvalue weighted by Gasteiger charge is 2.31. The summed E-state index contributed by atoms with van der Waals surface area (Å²) in [5.41, 5.74) is 1.51. The van der Waals surface area contributed by atoms with Gasteiger partial charge in [0, 0.05) is 29.8 Å². The van der Waals surface area contributed by atoms with E-state index in [4.69, 9.17) is 18.9 Å². The standard InChI is InChI=1S/C28H31NO7/c1-17(16-21(30)26-27(31)24(35-5)14-15-29-26)28(32)36-18(2)25(19-10-6-8-12-22(19)33-3)20-11-7-9-13-23(20)34-4/h6-15,17-18,25,31H,16H2,1-5H3/t17-,18+/m1/s1. The zero-order valence-corrected chi connectivity index (χ0v) is 21.1. The SMILES string of the molecule is COc1ccccc1C(c1ccccc1OC)[C@H](C)OC(=O)[C@H](C)CC(=O)c1nccc(OC)c1O. The predicted molar refractivity (Wildman–Crippen MR) is 134 cm³/mol. The predicted octanol–water partition coefficient (Wildman–Crippen LogP) is 4.79. The monoisotopic (exact) mass is 493 g/mol. The smallest absolute Gasteiger partial charge is 0.309 e. The number of ether oxygens (including phenoxy) is 4. The summed E-state index contributed by atoms with van der Waals surface area (Å²) in [6.07, 6.45) is 0.556. The topological polar surface area (TPSA) is 104 Å². The Balaban J connectivity index is 1.84. The molecule has 8 heteroatoms. The third-order valence-corrected chi connectivity index (χ3v) is 5.98. The number of aromatic hydroxyl groups is 1. The first-order valence-corrected chi connectivity index (χ1v) is 11.5. The van der Waals surface area contributed by atoms with Gasteiger partial charge in [-0.05, 0) is 19.1 Å². The van der Waals surface area contributed by atoms with Gasteiger partial charge in [0.2, 0.25) is 0 Å². The molecule has 0 bridgehead atoms. The molecule has 0 aliphatic rings. The highest BCUT2D eigenvalue weighted by Crippen LogP contribution is 2.40. The number of nitrogens with zero attached hydrogens (tertiary/aromatic N) is 1. The molecule has 0 spiro atoms. The van der Waals surface area contributed by atoms with Crippen LogP contribution in [0.15, 0.2) is 60.8 Å². The summed E-state index contributed by atoms with van der Waals surface area (Å²) in [5, 5.41) is 10.2. The Morgan fingerprint density at radius 1 is 0.833 bits per heavy atom. The Kier molecular flexibility index (Phi) is 8.89. The van der Waals surface area contributed by atoms with Crippen LogP contribution in [0.4, 0.5) is 0 Å². The van der Waals surface area contributed by atoms with Crippen molar-refractivity contribution in [1.82, 2.24) is 4.98 Å². The number of hydrogen-bond acceptors (Lipinski definition) is 8. The van der Waals surface area contributed by atoms with Crippen molar-refractivity contribution in [2.75, 3.05) is 21.3 Å². The maximum Gasteiger partial charge on any atom is 0.309 e. The number of esters is 1. The number of carbonyl (C=O) groups is 2.